The Morgan fingerprint density at radius 3 is 2.61 bits per heavy atom. The summed E-state index contributed by atoms with van der Waals surface area (Å²) < 4.78 is 18.8. The van der Waals surface area contributed by atoms with Crippen LogP contribution in [0, 0.1) is 6.92 Å². The van der Waals surface area contributed by atoms with Crippen LogP contribution < -0.4 is 25.5 Å². The third kappa shape index (κ3) is 7.11. The van der Waals surface area contributed by atoms with E-state index in [9.17, 15) is 14.7 Å². The summed E-state index contributed by atoms with van der Waals surface area (Å²) in [5.41, 5.74) is 8.15. The van der Waals surface area contributed by atoms with Crippen LogP contribution >= 0.6 is 11.6 Å². The summed E-state index contributed by atoms with van der Waals surface area (Å²) in [6.45, 7) is 6.38. The maximum atomic E-state index is 12.5. The Kier molecular flexibility index (Phi) is 10.1. The number of allylic oxidation sites excluding steroid dienone is 1. The molecule has 0 unspecified atom stereocenters. The molecule has 0 radical (unpaired) electrons. The SMILES string of the molecule is CCOc1cc([C@@H]2NC(=O)NC(C)=C2C(=O)OC)ccc1OC[C@H](O)N/N=C\c1c(C)n(Cc2ccc(Cl)cc2)c2ccccc12. The molecule has 46 heavy (non-hydrogen) atoms. The number of benzene rings is 3. The molecule has 240 valence electrons. The number of urea groups is 1. The molecule has 0 spiro atoms. The number of amides is 2. The van der Waals surface area contributed by atoms with Crippen LogP contribution in [0.4, 0.5) is 4.79 Å². The molecule has 4 N–H and O–H groups in total. The number of fused-ring (bicyclic) bond motifs is 1. The number of carbonyl (C=O) groups excluding carboxylic acids is 2. The number of para-hydroxylation sites is 1. The van der Waals surface area contributed by atoms with Crippen LogP contribution in [0.5, 0.6) is 11.5 Å². The molecule has 0 saturated carbocycles. The van der Waals surface area contributed by atoms with E-state index in [-0.39, 0.29) is 12.2 Å². The molecule has 0 aliphatic carbocycles. The number of aliphatic hydroxyl groups excluding tert-OH is 1. The quantitative estimate of drug-likeness (QED) is 0.0722. The molecule has 2 amide bonds. The van der Waals surface area contributed by atoms with E-state index < -0.39 is 24.3 Å². The van der Waals surface area contributed by atoms with Crippen molar-refractivity contribution in [1.29, 1.82) is 0 Å². The molecule has 0 fully saturated rings. The summed E-state index contributed by atoms with van der Waals surface area (Å²) in [6.07, 6.45) is 0.565. The fourth-order valence-electron chi connectivity index (χ4n) is 5.41. The maximum absolute atomic E-state index is 12.5. The fourth-order valence-corrected chi connectivity index (χ4v) is 5.53. The Labute approximate surface area is 271 Å². The van der Waals surface area contributed by atoms with Crippen LogP contribution in [0.3, 0.4) is 0 Å². The van der Waals surface area contributed by atoms with Crippen molar-refractivity contribution in [2.24, 2.45) is 5.10 Å². The van der Waals surface area contributed by atoms with Crippen molar-refractivity contribution in [3.8, 4) is 11.5 Å². The van der Waals surface area contributed by atoms with Gasteiger partial charge in [0.2, 0.25) is 0 Å². The van der Waals surface area contributed by atoms with Crippen LogP contribution in [0.2, 0.25) is 5.02 Å². The summed E-state index contributed by atoms with van der Waals surface area (Å²) in [4.78, 5) is 24.7. The first-order valence-electron chi connectivity index (χ1n) is 14.7. The van der Waals surface area contributed by atoms with E-state index in [1.807, 2.05) is 56.3 Å². The van der Waals surface area contributed by atoms with E-state index >= 15 is 0 Å². The standard InChI is InChI=1S/C34H36ClN5O6/c1-5-45-29-16-23(32-31(33(42)44-4)20(2)37-34(43)38-32)12-15-28(29)46-19-30(41)39-36-17-26-21(3)40(27-9-7-6-8-25(26)27)18-22-10-13-24(35)14-11-22/h6-17,30,32,39,41H,5,18-19H2,1-4H3,(H2,37,38,43)/b36-17-/t30-,32-/m0/s1. The second-order valence-electron chi connectivity index (χ2n) is 10.6. The summed E-state index contributed by atoms with van der Waals surface area (Å²) in [5, 5.41) is 22.0. The van der Waals surface area contributed by atoms with Gasteiger partial charge in [0, 0.05) is 39.4 Å². The summed E-state index contributed by atoms with van der Waals surface area (Å²) in [7, 11) is 1.28. The number of hydrazone groups is 1. The Hall–Kier alpha value is -5.00. The van der Waals surface area contributed by atoms with Crippen molar-refractivity contribution in [2.45, 2.75) is 39.6 Å². The van der Waals surface area contributed by atoms with E-state index in [2.05, 4.69) is 31.8 Å². The highest BCUT2D eigenvalue weighted by molar-refractivity contribution is 6.30. The number of hydrogen-bond donors (Lipinski definition) is 4. The molecule has 2 heterocycles. The first-order valence-corrected chi connectivity index (χ1v) is 15.1. The fraction of sp³-hybridized carbons (Fsp3) is 0.265. The van der Waals surface area contributed by atoms with Gasteiger partial charge in [0.25, 0.3) is 0 Å². The third-order valence-corrected chi connectivity index (χ3v) is 7.87. The smallest absolute Gasteiger partial charge is 0.337 e. The second kappa shape index (κ2) is 14.4. The van der Waals surface area contributed by atoms with Gasteiger partial charge in [-0.25, -0.2) is 9.59 Å². The number of esters is 1. The molecule has 11 nitrogen and oxygen atoms in total. The van der Waals surface area contributed by atoms with E-state index in [4.69, 9.17) is 25.8 Å². The Balaban J connectivity index is 1.28. The van der Waals surface area contributed by atoms with Gasteiger partial charge in [-0.2, -0.15) is 5.10 Å². The largest absolute Gasteiger partial charge is 0.490 e. The van der Waals surface area contributed by atoms with Gasteiger partial charge in [-0.15, -0.1) is 0 Å². The highest BCUT2D eigenvalue weighted by Crippen LogP contribution is 2.35. The number of rotatable bonds is 12. The van der Waals surface area contributed by atoms with Crippen LogP contribution in [0.15, 0.2) is 83.1 Å². The lowest BCUT2D eigenvalue weighted by atomic mass is 9.95. The Morgan fingerprint density at radius 1 is 1.11 bits per heavy atom. The normalized spacial score (nSPS) is 15.4. The minimum absolute atomic E-state index is 0.134. The monoisotopic (exact) mass is 645 g/mol. The lowest BCUT2D eigenvalue weighted by molar-refractivity contribution is -0.136. The van der Waals surface area contributed by atoms with Gasteiger partial charge < -0.3 is 34.5 Å². The minimum Gasteiger partial charge on any atom is -0.490 e. The second-order valence-corrected chi connectivity index (χ2v) is 11.1. The molecule has 4 aromatic rings. The zero-order valence-electron chi connectivity index (χ0n) is 26.0. The van der Waals surface area contributed by atoms with Crippen molar-refractivity contribution in [1.82, 2.24) is 20.6 Å². The van der Waals surface area contributed by atoms with Crippen LogP contribution in [-0.4, -0.2) is 54.4 Å². The van der Waals surface area contributed by atoms with E-state index in [0.717, 1.165) is 27.7 Å². The number of methoxy groups -OCH3 is 1. The van der Waals surface area contributed by atoms with Crippen LogP contribution in [-0.2, 0) is 16.1 Å². The lowest BCUT2D eigenvalue weighted by Crippen LogP contribution is -2.45. The van der Waals surface area contributed by atoms with Crippen molar-refractivity contribution in [3.05, 3.63) is 105 Å². The highest BCUT2D eigenvalue weighted by Gasteiger charge is 2.32. The minimum atomic E-state index is -1.13. The zero-order valence-corrected chi connectivity index (χ0v) is 26.7. The van der Waals surface area contributed by atoms with Gasteiger partial charge in [-0.3, -0.25) is 5.43 Å². The van der Waals surface area contributed by atoms with Gasteiger partial charge in [-0.05, 0) is 62.2 Å². The number of nitrogens with one attached hydrogen (secondary N) is 3. The van der Waals surface area contributed by atoms with Gasteiger partial charge in [0.1, 0.15) is 6.61 Å². The molecule has 5 rings (SSSR count). The lowest BCUT2D eigenvalue weighted by Gasteiger charge is -2.28. The first kappa shape index (κ1) is 32.4. The Morgan fingerprint density at radius 2 is 1.87 bits per heavy atom. The zero-order chi connectivity index (χ0) is 32.8. The molecule has 1 aliphatic heterocycles. The molecule has 0 saturated heterocycles. The molecule has 2 atom stereocenters. The number of nitrogens with zero attached hydrogens (tertiary/aromatic N) is 2. The third-order valence-electron chi connectivity index (χ3n) is 7.62. The van der Waals surface area contributed by atoms with Crippen molar-refractivity contribution in [2.75, 3.05) is 20.3 Å². The Bertz CT molecular complexity index is 1800. The average molecular weight is 646 g/mol. The van der Waals surface area contributed by atoms with E-state index in [0.29, 0.717) is 40.9 Å². The maximum Gasteiger partial charge on any atom is 0.337 e. The summed E-state index contributed by atoms with van der Waals surface area (Å²) in [6, 6.07) is 19.7. The number of halogens is 1. The summed E-state index contributed by atoms with van der Waals surface area (Å²) in [5.74, 6) is 0.191. The van der Waals surface area contributed by atoms with Gasteiger partial charge in [0.05, 0.1) is 31.5 Å². The predicted octanol–water partition coefficient (Wildman–Crippen LogP) is 5.17. The van der Waals surface area contributed by atoms with Crippen LogP contribution in [0.1, 0.15) is 42.3 Å². The molecule has 1 aromatic heterocycles. The average Bonchev–Trinajstić information content (AvgIpc) is 3.30. The van der Waals surface area contributed by atoms with Crippen molar-refractivity contribution >= 4 is 40.7 Å². The number of aliphatic hydroxyl groups is 1. The van der Waals surface area contributed by atoms with Crippen molar-refractivity contribution < 1.29 is 28.9 Å². The van der Waals surface area contributed by atoms with E-state index in [1.54, 1.807) is 31.3 Å². The topological polar surface area (TPSA) is 135 Å². The van der Waals surface area contributed by atoms with Gasteiger partial charge in [0.15, 0.2) is 17.7 Å². The molecule has 0 bridgehead atoms. The predicted molar refractivity (Wildman–Crippen MR) is 176 cm³/mol. The summed E-state index contributed by atoms with van der Waals surface area (Å²) >= 11 is 6.07. The van der Waals surface area contributed by atoms with E-state index in [1.165, 1.54) is 7.11 Å². The molecule has 1 aliphatic rings. The number of aromatic nitrogens is 1. The molecular weight excluding hydrogens is 610 g/mol. The molecule has 12 heteroatoms. The van der Waals surface area contributed by atoms with Crippen LogP contribution in [0.25, 0.3) is 10.9 Å². The highest BCUT2D eigenvalue weighted by atomic mass is 35.5. The van der Waals surface area contributed by atoms with Crippen molar-refractivity contribution in [3.63, 3.8) is 0 Å². The number of hydrogen-bond acceptors (Lipinski definition) is 8. The molecular formula is C34H36ClN5O6. The first-order chi connectivity index (χ1) is 22.2. The number of carbonyl (C=O) groups is 2. The van der Waals surface area contributed by atoms with Gasteiger partial charge >= 0.3 is 12.0 Å². The van der Waals surface area contributed by atoms with Gasteiger partial charge in [-0.1, -0.05) is 48.0 Å². The molecule has 3 aromatic carbocycles. The number of ether oxygens (including phenoxy) is 3.